The predicted octanol–water partition coefficient (Wildman–Crippen LogP) is 1.35. The number of hydrogen-bond acceptors (Lipinski definition) is 5. The van der Waals surface area contributed by atoms with Crippen molar-refractivity contribution in [2.45, 2.75) is 31.8 Å². The van der Waals surface area contributed by atoms with Crippen molar-refractivity contribution in [3.8, 4) is 0 Å². The van der Waals surface area contributed by atoms with Gasteiger partial charge in [0.25, 0.3) is 0 Å². The average Bonchev–Trinajstić information content (AvgIpc) is 2.77. The first-order chi connectivity index (χ1) is 10.3. The fourth-order valence-corrected chi connectivity index (χ4v) is 3.42. The molecule has 0 unspecified atom stereocenters. The molecule has 0 radical (unpaired) electrons. The Bertz CT molecular complexity index is 438. The van der Waals surface area contributed by atoms with E-state index in [0.29, 0.717) is 5.82 Å². The van der Waals surface area contributed by atoms with E-state index in [1.54, 1.807) is 6.20 Å². The highest BCUT2D eigenvalue weighted by Crippen LogP contribution is 2.19. The van der Waals surface area contributed by atoms with Crippen molar-refractivity contribution in [2.24, 2.45) is 0 Å². The number of hydrogen-bond donors (Lipinski definition) is 1. The molecule has 0 bridgehead atoms. The number of anilines is 1. The summed E-state index contributed by atoms with van der Waals surface area (Å²) in [6, 6.07) is 4.79. The number of nitrogen functional groups attached to an aromatic ring is 1. The third kappa shape index (κ3) is 4.15. The van der Waals surface area contributed by atoms with Gasteiger partial charge in [0, 0.05) is 38.5 Å². The maximum Gasteiger partial charge on any atom is 0.123 e. The lowest BCUT2D eigenvalue weighted by Gasteiger charge is -2.38. The van der Waals surface area contributed by atoms with Gasteiger partial charge in [0.05, 0.1) is 6.61 Å². The molecule has 2 fully saturated rings. The van der Waals surface area contributed by atoms with Crippen LogP contribution in [0.15, 0.2) is 18.3 Å². The Kier molecular flexibility index (Phi) is 5.06. The average molecular weight is 290 g/mol. The number of pyridine rings is 1. The number of aromatic nitrogens is 1. The molecule has 0 aromatic carbocycles. The van der Waals surface area contributed by atoms with Crippen LogP contribution >= 0.6 is 0 Å². The molecule has 1 aromatic rings. The van der Waals surface area contributed by atoms with E-state index in [1.807, 2.05) is 6.07 Å². The summed E-state index contributed by atoms with van der Waals surface area (Å²) in [5, 5.41) is 0. The molecule has 0 atom stereocenters. The second-order valence-electron chi connectivity index (χ2n) is 6.10. The molecule has 2 aliphatic heterocycles. The maximum absolute atomic E-state index is 5.75. The molecule has 2 aliphatic rings. The molecule has 3 rings (SSSR count). The van der Waals surface area contributed by atoms with Crippen LogP contribution in [0.25, 0.3) is 0 Å². The van der Waals surface area contributed by atoms with Gasteiger partial charge in [-0.1, -0.05) is 0 Å². The molecule has 3 heterocycles. The highest BCUT2D eigenvalue weighted by atomic mass is 16.5. The molecule has 5 heteroatoms. The molecule has 2 saturated heterocycles. The summed E-state index contributed by atoms with van der Waals surface area (Å²) in [4.78, 5) is 9.22. The molecule has 0 aliphatic carbocycles. The van der Waals surface area contributed by atoms with Crippen molar-refractivity contribution >= 4 is 5.82 Å². The standard InChI is InChI=1S/C16H26N4O/c17-16-12-14(2-5-18-16)13-19-7-3-15(4-8-19)20-6-1-10-21-11-9-20/h2,5,12,15H,1,3-4,6-11,13H2,(H2,17,18). The number of rotatable bonds is 3. The lowest BCUT2D eigenvalue weighted by atomic mass is 10.0. The third-order valence-electron chi connectivity index (χ3n) is 4.58. The molecule has 2 N–H and O–H groups in total. The van der Waals surface area contributed by atoms with E-state index in [2.05, 4.69) is 20.9 Å². The van der Waals surface area contributed by atoms with Crippen LogP contribution in [0.3, 0.4) is 0 Å². The fraction of sp³-hybridized carbons (Fsp3) is 0.688. The minimum absolute atomic E-state index is 0.618. The quantitative estimate of drug-likeness (QED) is 0.911. The Morgan fingerprint density at radius 2 is 2.05 bits per heavy atom. The smallest absolute Gasteiger partial charge is 0.123 e. The van der Waals surface area contributed by atoms with Crippen LogP contribution in [-0.4, -0.2) is 60.2 Å². The molecule has 5 nitrogen and oxygen atoms in total. The Morgan fingerprint density at radius 3 is 2.86 bits per heavy atom. The second kappa shape index (κ2) is 7.20. The summed E-state index contributed by atoms with van der Waals surface area (Å²) < 4.78 is 5.56. The Balaban J connectivity index is 1.48. The van der Waals surface area contributed by atoms with Crippen LogP contribution in [0.1, 0.15) is 24.8 Å². The maximum atomic E-state index is 5.75. The third-order valence-corrected chi connectivity index (χ3v) is 4.58. The highest BCUT2D eigenvalue weighted by Gasteiger charge is 2.25. The number of likely N-dealkylation sites (tertiary alicyclic amines) is 1. The van der Waals surface area contributed by atoms with Gasteiger partial charge in [0.15, 0.2) is 0 Å². The van der Waals surface area contributed by atoms with Gasteiger partial charge in [0.1, 0.15) is 5.82 Å². The Hall–Kier alpha value is -1.17. The number of ether oxygens (including phenoxy) is 1. The number of nitrogens with zero attached hydrogens (tertiary/aromatic N) is 3. The Labute approximate surface area is 127 Å². The first-order valence-electron chi connectivity index (χ1n) is 8.06. The van der Waals surface area contributed by atoms with E-state index >= 15 is 0 Å². The first-order valence-corrected chi connectivity index (χ1v) is 8.06. The zero-order valence-electron chi connectivity index (χ0n) is 12.7. The van der Waals surface area contributed by atoms with Gasteiger partial charge in [-0.05, 0) is 50.0 Å². The summed E-state index contributed by atoms with van der Waals surface area (Å²) >= 11 is 0. The highest BCUT2D eigenvalue weighted by molar-refractivity contribution is 5.31. The van der Waals surface area contributed by atoms with Gasteiger partial charge in [-0.2, -0.15) is 0 Å². The van der Waals surface area contributed by atoms with E-state index < -0.39 is 0 Å². The van der Waals surface area contributed by atoms with E-state index in [1.165, 1.54) is 44.5 Å². The molecule has 0 amide bonds. The summed E-state index contributed by atoms with van der Waals surface area (Å²) in [5.41, 5.74) is 7.02. The van der Waals surface area contributed by atoms with E-state index in [9.17, 15) is 0 Å². The van der Waals surface area contributed by atoms with Crippen molar-refractivity contribution in [1.29, 1.82) is 0 Å². The molecule has 116 valence electrons. The number of piperidine rings is 1. The van der Waals surface area contributed by atoms with Crippen LogP contribution in [0, 0.1) is 0 Å². The first kappa shape index (κ1) is 14.8. The SMILES string of the molecule is Nc1cc(CN2CCC(N3CCCOCC3)CC2)ccn1. The second-order valence-corrected chi connectivity index (χ2v) is 6.10. The fourth-order valence-electron chi connectivity index (χ4n) is 3.42. The molecule has 0 spiro atoms. The van der Waals surface area contributed by atoms with Gasteiger partial charge in [-0.15, -0.1) is 0 Å². The van der Waals surface area contributed by atoms with E-state index in [-0.39, 0.29) is 0 Å². The van der Waals surface area contributed by atoms with Gasteiger partial charge >= 0.3 is 0 Å². The summed E-state index contributed by atoms with van der Waals surface area (Å²) in [6.45, 7) is 7.46. The summed E-state index contributed by atoms with van der Waals surface area (Å²) in [6.07, 6.45) is 5.51. The lowest BCUT2D eigenvalue weighted by molar-refractivity contribution is 0.0943. The van der Waals surface area contributed by atoms with Crippen LogP contribution in [0.5, 0.6) is 0 Å². The molecule has 21 heavy (non-hydrogen) atoms. The lowest BCUT2D eigenvalue weighted by Crippen LogP contribution is -2.45. The van der Waals surface area contributed by atoms with Crippen LogP contribution in [0.4, 0.5) is 5.82 Å². The van der Waals surface area contributed by atoms with Gasteiger partial charge in [-0.3, -0.25) is 9.80 Å². The number of nitrogens with two attached hydrogens (primary N) is 1. The predicted molar refractivity (Wildman–Crippen MR) is 84.0 cm³/mol. The van der Waals surface area contributed by atoms with Crippen molar-refractivity contribution in [3.05, 3.63) is 23.9 Å². The van der Waals surface area contributed by atoms with Gasteiger partial charge in [-0.25, -0.2) is 4.98 Å². The van der Waals surface area contributed by atoms with E-state index in [4.69, 9.17) is 10.5 Å². The molecular weight excluding hydrogens is 264 g/mol. The topological polar surface area (TPSA) is 54.6 Å². The van der Waals surface area contributed by atoms with Gasteiger partial charge in [0.2, 0.25) is 0 Å². The van der Waals surface area contributed by atoms with Gasteiger partial charge < -0.3 is 10.5 Å². The minimum Gasteiger partial charge on any atom is -0.384 e. The van der Waals surface area contributed by atoms with Crippen molar-refractivity contribution in [1.82, 2.24) is 14.8 Å². The van der Waals surface area contributed by atoms with Crippen LogP contribution in [0.2, 0.25) is 0 Å². The zero-order valence-corrected chi connectivity index (χ0v) is 12.7. The van der Waals surface area contributed by atoms with Crippen LogP contribution < -0.4 is 5.73 Å². The zero-order chi connectivity index (χ0) is 14.5. The molecular formula is C16H26N4O. The normalized spacial score (nSPS) is 23.0. The van der Waals surface area contributed by atoms with Crippen molar-refractivity contribution < 1.29 is 4.74 Å². The van der Waals surface area contributed by atoms with E-state index in [0.717, 1.165) is 32.3 Å². The molecule has 0 saturated carbocycles. The summed E-state index contributed by atoms with van der Waals surface area (Å²) in [7, 11) is 0. The van der Waals surface area contributed by atoms with Crippen molar-refractivity contribution in [3.63, 3.8) is 0 Å². The largest absolute Gasteiger partial charge is 0.384 e. The summed E-state index contributed by atoms with van der Waals surface area (Å²) in [5.74, 6) is 0.618. The van der Waals surface area contributed by atoms with Crippen LogP contribution in [-0.2, 0) is 11.3 Å². The van der Waals surface area contributed by atoms with Crippen molar-refractivity contribution in [2.75, 3.05) is 45.1 Å². The monoisotopic (exact) mass is 290 g/mol. The molecule has 1 aromatic heterocycles. The minimum atomic E-state index is 0.618. The Morgan fingerprint density at radius 1 is 1.19 bits per heavy atom.